The van der Waals surface area contributed by atoms with Gasteiger partial charge in [-0.25, -0.2) is 0 Å². The number of carbonyl (C=O) groups is 1. The molecule has 0 unspecified atom stereocenters. The Hall–Kier alpha value is -2.88. The van der Waals surface area contributed by atoms with Crippen LogP contribution in [0, 0.1) is 11.3 Å². The summed E-state index contributed by atoms with van der Waals surface area (Å²) in [7, 11) is 0. The lowest BCUT2D eigenvalue weighted by Gasteiger charge is -2.07. The first-order valence-corrected chi connectivity index (χ1v) is 10.2. The first-order chi connectivity index (χ1) is 13.6. The molecule has 0 aliphatic rings. The number of amides is 1. The van der Waals surface area contributed by atoms with E-state index in [2.05, 4.69) is 21.2 Å². The SMILES string of the molecule is N#C/C(=C\c1ccc(OCc2ccc(Br)cc2)cc1)C(=O)NCc1cccs1. The van der Waals surface area contributed by atoms with Gasteiger partial charge in [-0.3, -0.25) is 4.79 Å². The molecule has 0 spiro atoms. The van der Waals surface area contributed by atoms with E-state index in [0.29, 0.717) is 13.2 Å². The first-order valence-electron chi connectivity index (χ1n) is 8.54. The van der Waals surface area contributed by atoms with Crippen molar-refractivity contribution in [2.75, 3.05) is 0 Å². The van der Waals surface area contributed by atoms with Crippen LogP contribution in [0.15, 0.2) is 76.1 Å². The Labute approximate surface area is 176 Å². The van der Waals surface area contributed by atoms with Gasteiger partial charge < -0.3 is 10.1 Å². The van der Waals surface area contributed by atoms with Gasteiger partial charge in [0.05, 0.1) is 6.54 Å². The van der Waals surface area contributed by atoms with Crippen LogP contribution in [-0.4, -0.2) is 5.91 Å². The van der Waals surface area contributed by atoms with Gasteiger partial charge in [0.2, 0.25) is 0 Å². The van der Waals surface area contributed by atoms with E-state index in [0.717, 1.165) is 26.2 Å². The Balaban J connectivity index is 1.58. The summed E-state index contributed by atoms with van der Waals surface area (Å²) in [6.45, 7) is 0.884. The molecule has 0 bridgehead atoms. The highest BCUT2D eigenvalue weighted by Crippen LogP contribution is 2.17. The van der Waals surface area contributed by atoms with Crippen LogP contribution < -0.4 is 10.1 Å². The maximum Gasteiger partial charge on any atom is 0.262 e. The second kappa shape index (κ2) is 9.88. The maximum atomic E-state index is 12.2. The van der Waals surface area contributed by atoms with Gasteiger partial charge in [0.15, 0.2) is 0 Å². The molecule has 0 atom stereocenters. The van der Waals surface area contributed by atoms with E-state index in [9.17, 15) is 10.1 Å². The van der Waals surface area contributed by atoms with E-state index < -0.39 is 0 Å². The average molecular weight is 453 g/mol. The number of hydrogen-bond donors (Lipinski definition) is 1. The molecule has 6 heteroatoms. The third-order valence-corrected chi connectivity index (χ3v) is 5.28. The molecule has 0 aliphatic carbocycles. The predicted octanol–water partition coefficient (Wildman–Crippen LogP) is 5.31. The Morgan fingerprint density at radius 1 is 1.14 bits per heavy atom. The maximum absolute atomic E-state index is 12.2. The molecule has 1 N–H and O–H groups in total. The molecule has 0 saturated heterocycles. The smallest absolute Gasteiger partial charge is 0.262 e. The number of carbonyl (C=O) groups excluding carboxylic acids is 1. The van der Waals surface area contributed by atoms with Crippen molar-refractivity contribution in [3.8, 4) is 11.8 Å². The van der Waals surface area contributed by atoms with Crippen molar-refractivity contribution in [2.24, 2.45) is 0 Å². The molecular weight excluding hydrogens is 436 g/mol. The number of thiophene rings is 1. The zero-order chi connectivity index (χ0) is 19.8. The minimum absolute atomic E-state index is 0.0695. The third-order valence-electron chi connectivity index (χ3n) is 3.88. The molecule has 1 amide bonds. The summed E-state index contributed by atoms with van der Waals surface area (Å²) in [5, 5.41) is 14.0. The highest BCUT2D eigenvalue weighted by atomic mass is 79.9. The van der Waals surface area contributed by atoms with E-state index in [-0.39, 0.29) is 11.5 Å². The molecule has 1 aromatic heterocycles. The van der Waals surface area contributed by atoms with Crippen LogP contribution in [0.5, 0.6) is 5.75 Å². The van der Waals surface area contributed by atoms with E-state index >= 15 is 0 Å². The first kappa shape index (κ1) is 19.9. The Morgan fingerprint density at radius 3 is 2.54 bits per heavy atom. The molecule has 0 aliphatic heterocycles. The molecule has 4 nitrogen and oxygen atoms in total. The van der Waals surface area contributed by atoms with Crippen molar-refractivity contribution in [3.63, 3.8) is 0 Å². The number of nitriles is 1. The molecule has 2 aromatic carbocycles. The normalized spacial score (nSPS) is 10.9. The Bertz CT molecular complexity index is 989. The van der Waals surface area contributed by atoms with Crippen LogP contribution in [0.25, 0.3) is 6.08 Å². The van der Waals surface area contributed by atoms with Crippen molar-refractivity contribution >= 4 is 39.2 Å². The number of hydrogen-bond acceptors (Lipinski definition) is 4. The number of halogens is 1. The molecule has 0 saturated carbocycles. The molecule has 140 valence electrons. The molecule has 0 radical (unpaired) electrons. The van der Waals surface area contributed by atoms with Gasteiger partial charge >= 0.3 is 0 Å². The molecule has 1 heterocycles. The standard InChI is InChI=1S/C22H17BrN2O2S/c23-19-7-3-17(4-8-19)15-27-20-9-5-16(6-10-20)12-18(13-24)22(26)25-14-21-2-1-11-28-21/h1-12H,14-15H2,(H,25,26)/b18-12+. The van der Waals surface area contributed by atoms with Gasteiger partial charge in [-0.05, 0) is 52.9 Å². The summed E-state index contributed by atoms with van der Waals surface area (Å²) in [5.74, 6) is 0.340. The van der Waals surface area contributed by atoms with Crippen LogP contribution in [0.3, 0.4) is 0 Å². The van der Waals surface area contributed by atoms with Crippen LogP contribution in [0.4, 0.5) is 0 Å². The molecule has 28 heavy (non-hydrogen) atoms. The fraction of sp³-hybridized carbons (Fsp3) is 0.0909. The average Bonchev–Trinajstić information content (AvgIpc) is 3.24. The lowest BCUT2D eigenvalue weighted by Crippen LogP contribution is -2.23. The number of nitrogens with one attached hydrogen (secondary N) is 1. The zero-order valence-electron chi connectivity index (χ0n) is 14.9. The Morgan fingerprint density at radius 2 is 1.89 bits per heavy atom. The van der Waals surface area contributed by atoms with Crippen LogP contribution in [0.1, 0.15) is 16.0 Å². The predicted molar refractivity (Wildman–Crippen MR) is 115 cm³/mol. The van der Waals surface area contributed by atoms with Crippen molar-refractivity contribution < 1.29 is 9.53 Å². The lowest BCUT2D eigenvalue weighted by atomic mass is 10.1. The fourth-order valence-corrected chi connectivity index (χ4v) is 3.31. The van der Waals surface area contributed by atoms with Gasteiger partial charge in [0, 0.05) is 9.35 Å². The molecule has 0 fully saturated rings. The highest BCUT2D eigenvalue weighted by molar-refractivity contribution is 9.10. The largest absolute Gasteiger partial charge is 0.489 e. The van der Waals surface area contributed by atoms with Crippen molar-refractivity contribution in [2.45, 2.75) is 13.2 Å². The summed E-state index contributed by atoms with van der Waals surface area (Å²) in [4.78, 5) is 13.2. The molecule has 3 aromatic rings. The highest BCUT2D eigenvalue weighted by Gasteiger charge is 2.09. The summed E-state index contributed by atoms with van der Waals surface area (Å²) in [6, 6.07) is 21.0. The number of nitrogens with zero attached hydrogens (tertiary/aromatic N) is 1. The summed E-state index contributed by atoms with van der Waals surface area (Å²) >= 11 is 4.97. The number of benzene rings is 2. The monoisotopic (exact) mass is 452 g/mol. The van der Waals surface area contributed by atoms with Crippen molar-refractivity contribution in [3.05, 3.63) is 92.1 Å². The summed E-state index contributed by atoms with van der Waals surface area (Å²) in [5.41, 5.74) is 1.90. The van der Waals surface area contributed by atoms with Gasteiger partial charge in [-0.15, -0.1) is 11.3 Å². The second-order valence-electron chi connectivity index (χ2n) is 5.92. The van der Waals surface area contributed by atoms with Gasteiger partial charge in [-0.2, -0.15) is 5.26 Å². The van der Waals surface area contributed by atoms with E-state index in [1.165, 1.54) is 0 Å². The van der Waals surface area contributed by atoms with E-state index in [1.54, 1.807) is 17.4 Å². The summed E-state index contributed by atoms with van der Waals surface area (Å²) < 4.78 is 6.79. The summed E-state index contributed by atoms with van der Waals surface area (Å²) in [6.07, 6.45) is 1.57. The minimum atomic E-state index is -0.383. The zero-order valence-corrected chi connectivity index (χ0v) is 17.3. The number of rotatable bonds is 7. The number of ether oxygens (including phenoxy) is 1. The van der Waals surface area contributed by atoms with Gasteiger partial charge in [-0.1, -0.05) is 46.3 Å². The van der Waals surface area contributed by atoms with E-state index in [1.807, 2.05) is 72.1 Å². The minimum Gasteiger partial charge on any atom is -0.489 e. The van der Waals surface area contributed by atoms with Crippen molar-refractivity contribution in [1.82, 2.24) is 5.32 Å². The van der Waals surface area contributed by atoms with E-state index in [4.69, 9.17) is 4.74 Å². The topological polar surface area (TPSA) is 62.1 Å². The Kier molecular flexibility index (Phi) is 7.01. The van der Waals surface area contributed by atoms with Gasteiger partial charge in [0.25, 0.3) is 5.91 Å². The van der Waals surface area contributed by atoms with Gasteiger partial charge in [0.1, 0.15) is 24.0 Å². The molecule has 3 rings (SSSR count). The third kappa shape index (κ3) is 5.81. The van der Waals surface area contributed by atoms with Crippen LogP contribution in [0.2, 0.25) is 0 Å². The molecular formula is C22H17BrN2O2S. The lowest BCUT2D eigenvalue weighted by molar-refractivity contribution is -0.117. The van der Waals surface area contributed by atoms with Crippen molar-refractivity contribution in [1.29, 1.82) is 5.26 Å². The second-order valence-corrected chi connectivity index (χ2v) is 7.86. The fourth-order valence-electron chi connectivity index (χ4n) is 2.40. The van der Waals surface area contributed by atoms with Crippen LogP contribution in [-0.2, 0) is 17.9 Å². The van der Waals surface area contributed by atoms with Crippen LogP contribution >= 0.6 is 27.3 Å². The quantitative estimate of drug-likeness (QED) is 0.390.